The van der Waals surface area contributed by atoms with Crippen molar-refractivity contribution in [2.75, 3.05) is 6.61 Å². The normalized spacial score (nSPS) is 40.1. The van der Waals surface area contributed by atoms with E-state index in [1.54, 1.807) is 0 Å². The molecule has 0 unspecified atom stereocenters. The molecule has 0 spiro atoms. The largest absolute Gasteiger partial charge is 0.475 e. The Hall–Kier alpha value is -1.40. The van der Waals surface area contributed by atoms with Crippen LogP contribution in [0.25, 0.3) is 0 Å². The summed E-state index contributed by atoms with van der Waals surface area (Å²) in [6.45, 7) is -0.785. The van der Waals surface area contributed by atoms with Gasteiger partial charge < -0.3 is 45.5 Å². The number of hydrogen-bond donors (Lipinski definition) is 7. The van der Waals surface area contributed by atoms with E-state index in [4.69, 9.17) is 29.6 Å². The second kappa shape index (κ2) is 8.31. The summed E-state index contributed by atoms with van der Waals surface area (Å²) in [6.07, 6.45) is -11.5. The molecule has 0 bridgehead atoms. The first-order chi connectivity index (χ1) is 12.4. The minimum atomic E-state index is -5.12. The van der Waals surface area contributed by atoms with Gasteiger partial charge in [-0.3, -0.25) is 4.55 Å². The number of carboxylic acid groups (broad SMARTS) is 1. The second-order valence-electron chi connectivity index (χ2n) is 5.72. The minimum Gasteiger partial charge on any atom is -0.475 e. The first-order valence-electron chi connectivity index (χ1n) is 7.43. The molecule has 8 atom stereocenters. The summed E-state index contributed by atoms with van der Waals surface area (Å²) in [5, 5.41) is 48.0. The van der Waals surface area contributed by atoms with E-state index in [2.05, 4.69) is 4.18 Å². The van der Waals surface area contributed by atoms with Crippen LogP contribution in [-0.2, 0) is 33.6 Å². The minimum absolute atomic E-state index is 0.602. The number of nitrogens with two attached hydrogens (primary N) is 1. The molecule has 0 amide bonds. The number of aliphatic hydroxyl groups excluding tert-OH is 4. The second-order valence-corrected chi connectivity index (χ2v) is 6.77. The molecule has 2 heterocycles. The first kappa shape index (κ1) is 21.9. The molecule has 1 saturated heterocycles. The van der Waals surface area contributed by atoms with Gasteiger partial charge in [-0.15, -0.1) is 0 Å². The lowest BCUT2D eigenvalue weighted by atomic mass is 9.97. The van der Waals surface area contributed by atoms with Crippen LogP contribution in [0.15, 0.2) is 11.8 Å². The van der Waals surface area contributed by atoms with Crippen LogP contribution in [0.2, 0.25) is 0 Å². The fourth-order valence-electron chi connectivity index (χ4n) is 2.54. The molecule has 15 heteroatoms. The van der Waals surface area contributed by atoms with E-state index in [9.17, 15) is 33.6 Å². The van der Waals surface area contributed by atoms with Gasteiger partial charge in [0.1, 0.15) is 24.4 Å². The van der Waals surface area contributed by atoms with Crippen LogP contribution in [0, 0.1) is 0 Å². The number of carboxylic acids is 1. The van der Waals surface area contributed by atoms with Crippen LogP contribution in [0.1, 0.15) is 0 Å². The van der Waals surface area contributed by atoms with Gasteiger partial charge >= 0.3 is 16.4 Å². The van der Waals surface area contributed by atoms with Crippen LogP contribution >= 0.6 is 0 Å². The van der Waals surface area contributed by atoms with Crippen molar-refractivity contribution in [2.45, 2.75) is 49.1 Å². The molecule has 0 aliphatic carbocycles. The molecule has 8 N–H and O–H groups in total. The Kier molecular flexibility index (Phi) is 6.74. The van der Waals surface area contributed by atoms with Gasteiger partial charge in [-0.1, -0.05) is 0 Å². The van der Waals surface area contributed by atoms with Gasteiger partial charge in [0.15, 0.2) is 12.4 Å². The molecule has 2 aliphatic rings. The average Bonchev–Trinajstić information content (AvgIpc) is 2.56. The topological polar surface area (TPSA) is 236 Å². The molecule has 2 aliphatic heterocycles. The molecular formula is C12H19NO13S. The molecule has 0 radical (unpaired) electrons. The summed E-state index contributed by atoms with van der Waals surface area (Å²) in [4.78, 5) is 11.1. The highest BCUT2D eigenvalue weighted by Gasteiger charge is 2.48. The molecule has 156 valence electrons. The first-order valence-corrected chi connectivity index (χ1v) is 8.80. The maximum Gasteiger partial charge on any atom is 0.397 e. The number of ether oxygens (including phenoxy) is 3. The van der Waals surface area contributed by atoms with Gasteiger partial charge in [0.25, 0.3) is 0 Å². The summed E-state index contributed by atoms with van der Waals surface area (Å²) >= 11 is 0. The van der Waals surface area contributed by atoms with Crippen LogP contribution in [0.5, 0.6) is 0 Å². The third-order valence-electron chi connectivity index (χ3n) is 3.83. The van der Waals surface area contributed by atoms with Crippen LogP contribution < -0.4 is 5.73 Å². The molecule has 27 heavy (non-hydrogen) atoms. The zero-order valence-electron chi connectivity index (χ0n) is 13.4. The zero-order chi connectivity index (χ0) is 20.5. The lowest BCUT2D eigenvalue weighted by Gasteiger charge is -2.43. The van der Waals surface area contributed by atoms with Crippen LogP contribution in [0.3, 0.4) is 0 Å². The summed E-state index contributed by atoms with van der Waals surface area (Å²) in [7, 11) is -5.12. The molecule has 0 aromatic carbocycles. The van der Waals surface area contributed by atoms with Crippen molar-refractivity contribution in [1.82, 2.24) is 0 Å². The monoisotopic (exact) mass is 417 g/mol. The van der Waals surface area contributed by atoms with Crippen molar-refractivity contribution in [1.29, 1.82) is 0 Å². The highest BCUT2D eigenvalue weighted by atomic mass is 32.3. The number of rotatable bonds is 6. The molecule has 2 rings (SSSR count). The SMILES string of the molecule is N[C@@H]1[C@@H](O)[C@H](O[C@@H]2OC(C(=O)O)=C[C@H](O)[C@H]2OS(=O)(=O)O)[C@@H](CO)O[C@H]1O. The molecule has 14 nitrogen and oxygen atoms in total. The Balaban J connectivity index is 2.30. The Labute approximate surface area is 152 Å². The predicted molar refractivity (Wildman–Crippen MR) is 79.8 cm³/mol. The fraction of sp³-hybridized carbons (Fsp3) is 0.750. The smallest absolute Gasteiger partial charge is 0.397 e. The van der Waals surface area contributed by atoms with Crippen molar-refractivity contribution in [3.63, 3.8) is 0 Å². The van der Waals surface area contributed by atoms with Crippen molar-refractivity contribution < 1.29 is 61.7 Å². The third-order valence-corrected chi connectivity index (χ3v) is 4.29. The average molecular weight is 417 g/mol. The quantitative estimate of drug-likeness (QED) is 0.202. The van der Waals surface area contributed by atoms with E-state index in [1.165, 1.54) is 0 Å². The van der Waals surface area contributed by atoms with Gasteiger partial charge in [-0.05, 0) is 6.08 Å². The predicted octanol–water partition coefficient (Wildman–Crippen LogP) is -4.36. The van der Waals surface area contributed by atoms with E-state index >= 15 is 0 Å². The van der Waals surface area contributed by atoms with Gasteiger partial charge in [0.2, 0.25) is 12.0 Å². The van der Waals surface area contributed by atoms with Crippen molar-refractivity contribution in [3.05, 3.63) is 11.8 Å². The van der Waals surface area contributed by atoms with E-state index in [0.29, 0.717) is 6.08 Å². The molecule has 0 saturated carbocycles. The van der Waals surface area contributed by atoms with E-state index < -0.39 is 77.9 Å². The van der Waals surface area contributed by atoms with E-state index in [-0.39, 0.29) is 0 Å². The Morgan fingerprint density at radius 1 is 1.26 bits per heavy atom. The Morgan fingerprint density at radius 3 is 2.41 bits per heavy atom. The fourth-order valence-corrected chi connectivity index (χ4v) is 3.02. The third kappa shape index (κ3) is 5.11. The van der Waals surface area contributed by atoms with Gasteiger partial charge in [-0.2, -0.15) is 8.42 Å². The van der Waals surface area contributed by atoms with Gasteiger partial charge in [0, 0.05) is 0 Å². The maximum absolute atomic E-state index is 11.1. The standard InChI is InChI=1S/C12H19NO13S/c13-6-7(16)9(5(2-14)23-11(6)19)25-12-8(26-27(20,21)22)3(15)1-4(24-12)10(17)18/h1,3,5-9,11-12,14-16,19H,2,13H2,(H,17,18)(H,20,21,22)/t3-,5+,6+,7+,8+,9+,11+,12-/m0/s1. The summed E-state index contributed by atoms with van der Waals surface area (Å²) < 4.78 is 50.2. The van der Waals surface area contributed by atoms with Crippen molar-refractivity contribution >= 4 is 16.4 Å². The molecule has 1 fully saturated rings. The number of hydrogen-bond acceptors (Lipinski definition) is 12. The van der Waals surface area contributed by atoms with Gasteiger partial charge in [0.05, 0.1) is 12.6 Å². The number of carbonyl (C=O) groups is 1. The Bertz CT molecular complexity index is 679. The summed E-state index contributed by atoms with van der Waals surface area (Å²) in [5.41, 5.74) is 5.52. The van der Waals surface area contributed by atoms with E-state index in [1.807, 2.05) is 0 Å². The van der Waals surface area contributed by atoms with Crippen molar-refractivity contribution in [2.24, 2.45) is 5.73 Å². The Morgan fingerprint density at radius 2 is 1.89 bits per heavy atom. The number of aliphatic hydroxyl groups is 4. The highest BCUT2D eigenvalue weighted by molar-refractivity contribution is 7.80. The molecular weight excluding hydrogens is 398 g/mol. The highest BCUT2D eigenvalue weighted by Crippen LogP contribution is 2.29. The summed E-state index contributed by atoms with van der Waals surface area (Å²) in [6, 6.07) is -1.40. The molecule has 0 aromatic heterocycles. The lowest BCUT2D eigenvalue weighted by Crippen LogP contribution is -2.64. The van der Waals surface area contributed by atoms with Crippen molar-refractivity contribution in [3.8, 4) is 0 Å². The maximum atomic E-state index is 11.1. The van der Waals surface area contributed by atoms with Gasteiger partial charge in [-0.25, -0.2) is 8.98 Å². The number of aliphatic carboxylic acids is 1. The summed E-state index contributed by atoms with van der Waals surface area (Å²) in [5.74, 6) is -2.47. The lowest BCUT2D eigenvalue weighted by molar-refractivity contribution is -0.302. The van der Waals surface area contributed by atoms with E-state index in [0.717, 1.165) is 0 Å². The zero-order valence-corrected chi connectivity index (χ0v) is 14.2. The van der Waals surface area contributed by atoms with Crippen LogP contribution in [0.4, 0.5) is 0 Å². The van der Waals surface area contributed by atoms with Crippen LogP contribution in [-0.4, -0.2) is 100 Å². The molecule has 0 aromatic rings.